The van der Waals surface area contributed by atoms with E-state index >= 15 is 0 Å². The largest absolute Gasteiger partial charge is 0.496 e. The number of methoxy groups -OCH3 is 1. The molecule has 0 spiro atoms. The van der Waals surface area contributed by atoms with Gasteiger partial charge in [-0.15, -0.1) is 0 Å². The first-order valence-corrected chi connectivity index (χ1v) is 15.6. The van der Waals surface area contributed by atoms with Crippen LogP contribution < -0.4 is 19.9 Å². The first-order valence-electron chi connectivity index (χ1n) is 15.6. The third-order valence-corrected chi connectivity index (χ3v) is 9.17. The third-order valence-electron chi connectivity index (χ3n) is 9.17. The summed E-state index contributed by atoms with van der Waals surface area (Å²) in [5.41, 5.74) is 3.56. The van der Waals surface area contributed by atoms with Crippen LogP contribution in [-0.2, 0) is 16.1 Å². The number of imide groups is 1. The van der Waals surface area contributed by atoms with Gasteiger partial charge < -0.3 is 19.9 Å². The van der Waals surface area contributed by atoms with Crippen molar-refractivity contribution in [2.45, 2.75) is 31.8 Å². The molecule has 3 aliphatic rings. The summed E-state index contributed by atoms with van der Waals surface area (Å²) >= 11 is 0. The molecule has 0 saturated heterocycles. The summed E-state index contributed by atoms with van der Waals surface area (Å²) in [5, 5.41) is 2.89. The molecule has 2 heterocycles. The maximum Gasteiger partial charge on any atom is 0.262 e. The van der Waals surface area contributed by atoms with Crippen molar-refractivity contribution in [1.82, 2.24) is 4.90 Å². The van der Waals surface area contributed by atoms with E-state index in [1.54, 1.807) is 70.5 Å². The number of benzene rings is 4. The fourth-order valence-corrected chi connectivity index (χ4v) is 6.91. The molecule has 236 valence electrons. The lowest BCUT2D eigenvalue weighted by Gasteiger charge is -2.31. The zero-order valence-electron chi connectivity index (χ0n) is 25.7. The molecule has 5 amide bonds. The van der Waals surface area contributed by atoms with Crippen LogP contribution in [0.3, 0.4) is 0 Å². The van der Waals surface area contributed by atoms with E-state index in [0.29, 0.717) is 41.2 Å². The molecule has 1 fully saturated rings. The SMILES string of the molecule is COc1ccccc1C(=O)Nc1ccc(CN2C(=O)[C@H]3CCC[C@H]3N(C(=O)CN3C(=O)c4ccccc4C3=O)c3ccccc32)cc1. The van der Waals surface area contributed by atoms with Crippen molar-refractivity contribution >= 4 is 46.6 Å². The van der Waals surface area contributed by atoms with Gasteiger partial charge in [-0.1, -0.05) is 55.0 Å². The number of anilines is 3. The Balaban J connectivity index is 1.14. The molecule has 47 heavy (non-hydrogen) atoms. The number of amides is 5. The minimum Gasteiger partial charge on any atom is -0.496 e. The van der Waals surface area contributed by atoms with Crippen LogP contribution in [0.1, 0.15) is 55.9 Å². The molecule has 2 atom stereocenters. The second kappa shape index (κ2) is 12.2. The lowest BCUT2D eigenvalue weighted by atomic mass is 10.0. The highest BCUT2D eigenvalue weighted by Gasteiger charge is 2.47. The van der Waals surface area contributed by atoms with Crippen molar-refractivity contribution in [1.29, 1.82) is 0 Å². The summed E-state index contributed by atoms with van der Waals surface area (Å²) in [6.07, 6.45) is 2.03. The number of rotatable bonds is 7. The van der Waals surface area contributed by atoms with Crippen LogP contribution >= 0.6 is 0 Å². The lowest BCUT2D eigenvalue weighted by molar-refractivity contribution is -0.123. The molecule has 0 unspecified atom stereocenters. The zero-order chi connectivity index (χ0) is 32.7. The van der Waals surface area contributed by atoms with E-state index in [4.69, 9.17) is 4.74 Å². The van der Waals surface area contributed by atoms with Crippen LogP contribution in [0, 0.1) is 5.92 Å². The van der Waals surface area contributed by atoms with Crippen LogP contribution in [0.5, 0.6) is 5.75 Å². The third kappa shape index (κ3) is 5.31. The number of hydrogen-bond donors (Lipinski definition) is 1. The summed E-state index contributed by atoms with van der Waals surface area (Å²) in [5.74, 6) is -1.74. The molecule has 7 rings (SSSR count). The molecular weight excluding hydrogens is 596 g/mol. The first kappa shape index (κ1) is 29.9. The van der Waals surface area contributed by atoms with E-state index < -0.39 is 36.2 Å². The maximum absolute atomic E-state index is 14.2. The van der Waals surface area contributed by atoms with Gasteiger partial charge in [0, 0.05) is 11.7 Å². The molecule has 0 aromatic heterocycles. The Labute approximate surface area is 271 Å². The van der Waals surface area contributed by atoms with Gasteiger partial charge in [0.15, 0.2) is 0 Å². The average molecular weight is 629 g/mol. The van der Waals surface area contributed by atoms with Gasteiger partial charge in [0.05, 0.1) is 47.6 Å². The highest BCUT2D eigenvalue weighted by molar-refractivity contribution is 6.23. The van der Waals surface area contributed by atoms with Crippen molar-refractivity contribution in [3.63, 3.8) is 0 Å². The normalized spacial score (nSPS) is 18.4. The number of carbonyl (C=O) groups is 5. The minimum atomic E-state index is -0.495. The van der Waals surface area contributed by atoms with Crippen LogP contribution in [-0.4, -0.2) is 54.1 Å². The maximum atomic E-state index is 14.2. The standard InChI is InChI=1S/C37H32N4O6/c1-47-32-16-7-4-11-28(32)34(43)38-24-19-17-23(18-20-24)21-39-30-13-5-6-14-31(30)41(29-15-8-12-27(29)37(39)46)33(42)22-40-35(44)25-9-2-3-10-26(25)36(40)45/h2-7,9-11,13-14,16-20,27,29H,8,12,15,21-22H2,1H3,(H,38,43)/t27-,29+/m0/s1. The van der Waals surface area contributed by atoms with Gasteiger partial charge in [0.2, 0.25) is 11.8 Å². The van der Waals surface area contributed by atoms with E-state index in [9.17, 15) is 24.0 Å². The van der Waals surface area contributed by atoms with Gasteiger partial charge in [0.1, 0.15) is 12.3 Å². The second-order valence-electron chi connectivity index (χ2n) is 11.9. The molecule has 4 aromatic carbocycles. The van der Waals surface area contributed by atoms with E-state index in [1.165, 1.54) is 7.11 Å². The minimum absolute atomic E-state index is 0.0791. The molecule has 0 bridgehead atoms. The van der Waals surface area contributed by atoms with E-state index in [2.05, 4.69) is 5.32 Å². The summed E-state index contributed by atoms with van der Waals surface area (Å²) in [6.45, 7) is -0.166. The Bertz CT molecular complexity index is 1890. The van der Waals surface area contributed by atoms with Crippen LogP contribution in [0.25, 0.3) is 0 Å². The number of carbonyl (C=O) groups excluding carboxylic acids is 5. The molecule has 1 saturated carbocycles. The summed E-state index contributed by atoms with van der Waals surface area (Å²) in [6, 6.07) is 27.7. The van der Waals surface area contributed by atoms with Crippen molar-refractivity contribution in [2.24, 2.45) is 5.92 Å². The van der Waals surface area contributed by atoms with Gasteiger partial charge in [-0.25, -0.2) is 0 Å². The Morgan fingerprint density at radius 2 is 1.40 bits per heavy atom. The van der Waals surface area contributed by atoms with Crippen LogP contribution in [0.2, 0.25) is 0 Å². The van der Waals surface area contributed by atoms with E-state index in [0.717, 1.165) is 16.9 Å². The molecule has 0 radical (unpaired) electrons. The Morgan fingerprint density at radius 3 is 2.11 bits per heavy atom. The first-order chi connectivity index (χ1) is 22.9. The van der Waals surface area contributed by atoms with E-state index in [-0.39, 0.29) is 29.5 Å². The second-order valence-corrected chi connectivity index (χ2v) is 11.9. The van der Waals surface area contributed by atoms with Gasteiger partial charge in [-0.3, -0.25) is 28.9 Å². The number of para-hydroxylation sites is 3. The number of nitrogens with one attached hydrogen (secondary N) is 1. The molecule has 2 aliphatic heterocycles. The fourth-order valence-electron chi connectivity index (χ4n) is 6.91. The molecule has 4 aromatic rings. The van der Waals surface area contributed by atoms with Gasteiger partial charge in [-0.2, -0.15) is 0 Å². The van der Waals surface area contributed by atoms with Gasteiger partial charge in [0.25, 0.3) is 17.7 Å². The monoisotopic (exact) mass is 628 g/mol. The molecule has 1 aliphatic carbocycles. The Hall–Kier alpha value is -5.77. The smallest absolute Gasteiger partial charge is 0.262 e. The number of fused-ring (bicyclic) bond motifs is 3. The zero-order valence-corrected chi connectivity index (χ0v) is 25.7. The van der Waals surface area contributed by atoms with Crippen LogP contribution in [0.4, 0.5) is 17.1 Å². The van der Waals surface area contributed by atoms with Gasteiger partial charge >= 0.3 is 0 Å². The Morgan fingerprint density at radius 1 is 0.766 bits per heavy atom. The molecule has 10 heteroatoms. The highest BCUT2D eigenvalue weighted by atomic mass is 16.5. The summed E-state index contributed by atoms with van der Waals surface area (Å²) < 4.78 is 5.31. The summed E-state index contributed by atoms with van der Waals surface area (Å²) in [4.78, 5) is 71.7. The predicted molar refractivity (Wildman–Crippen MR) is 175 cm³/mol. The number of hydrogen-bond acceptors (Lipinski definition) is 6. The Kier molecular flexibility index (Phi) is 7.77. The predicted octanol–water partition coefficient (Wildman–Crippen LogP) is 5.29. The number of nitrogens with zero attached hydrogens (tertiary/aromatic N) is 3. The average Bonchev–Trinajstić information content (AvgIpc) is 3.65. The van der Waals surface area contributed by atoms with Crippen molar-refractivity contribution in [2.75, 3.05) is 28.8 Å². The van der Waals surface area contributed by atoms with E-state index in [1.807, 2.05) is 36.4 Å². The molecule has 1 N–H and O–H groups in total. The quantitative estimate of drug-likeness (QED) is 0.278. The molecule has 10 nitrogen and oxygen atoms in total. The fraction of sp³-hybridized carbons (Fsp3) is 0.216. The van der Waals surface area contributed by atoms with Crippen LogP contribution in [0.15, 0.2) is 97.1 Å². The highest BCUT2D eigenvalue weighted by Crippen LogP contribution is 2.43. The van der Waals surface area contributed by atoms with Crippen molar-refractivity contribution in [3.8, 4) is 5.75 Å². The number of ether oxygens (including phenoxy) is 1. The summed E-state index contributed by atoms with van der Waals surface area (Å²) in [7, 11) is 1.51. The topological polar surface area (TPSA) is 116 Å². The van der Waals surface area contributed by atoms with Crippen molar-refractivity contribution < 1.29 is 28.7 Å². The molecular formula is C37H32N4O6. The van der Waals surface area contributed by atoms with Gasteiger partial charge in [-0.05, 0) is 66.9 Å². The van der Waals surface area contributed by atoms with Crippen molar-refractivity contribution in [3.05, 3.63) is 119 Å². The lowest BCUT2D eigenvalue weighted by Crippen LogP contribution is -2.49.